The lowest BCUT2D eigenvalue weighted by atomic mass is 10.1. The minimum Gasteiger partial charge on any atom is -0.299 e. The van der Waals surface area contributed by atoms with Gasteiger partial charge in [-0.05, 0) is 39.9 Å². The Morgan fingerprint density at radius 2 is 2.20 bits per heavy atom. The Kier molecular flexibility index (Phi) is 2.81. The number of hydrogen-bond donors (Lipinski definition) is 2. The van der Waals surface area contributed by atoms with Crippen LogP contribution in [0, 0.1) is 5.41 Å². The van der Waals surface area contributed by atoms with Crippen molar-refractivity contribution in [3.05, 3.63) is 31.5 Å². The summed E-state index contributed by atoms with van der Waals surface area (Å²) in [5.74, 6) is 0.774. The number of halogens is 1. The predicted molar refractivity (Wildman–Crippen MR) is 64.5 cm³/mol. The second kappa shape index (κ2) is 3.83. The summed E-state index contributed by atoms with van der Waals surface area (Å²) < 4.78 is 1.92. The highest BCUT2D eigenvalue weighted by atomic mass is 79.9. The van der Waals surface area contributed by atoms with E-state index in [-0.39, 0.29) is 16.7 Å². The van der Waals surface area contributed by atoms with Gasteiger partial charge in [-0.15, -0.1) is 0 Å². The van der Waals surface area contributed by atoms with Crippen LogP contribution < -0.4 is 11.2 Å². The minimum atomic E-state index is -0.382. The fraction of sp³-hybridized carbons (Fsp3) is 0.556. The molecule has 0 spiro atoms. The first kappa shape index (κ1) is 11.0. The Labute approximate surface area is 100 Å². The van der Waals surface area contributed by atoms with Crippen molar-refractivity contribution in [1.82, 2.24) is 9.55 Å². The maximum absolute atomic E-state index is 11.5. The predicted octanol–water partition coefficient (Wildman–Crippen LogP) is 1.01. The summed E-state index contributed by atoms with van der Waals surface area (Å²) in [4.78, 5) is 24.8. The average molecular weight is 291 g/mol. The van der Waals surface area contributed by atoms with Gasteiger partial charge < -0.3 is 0 Å². The Bertz CT molecular complexity index is 490. The van der Waals surface area contributed by atoms with Gasteiger partial charge >= 0.3 is 5.69 Å². The number of nitrogens with one attached hydrogen (secondary N) is 1. The molecule has 0 atom stereocenters. The van der Waals surface area contributed by atoms with Crippen LogP contribution in [0.3, 0.4) is 0 Å². The van der Waals surface area contributed by atoms with Crippen LogP contribution in [0.2, 0.25) is 0 Å². The molecule has 0 unspecified atom stereocenters. The first-order valence-corrected chi connectivity index (χ1v) is 6.09. The van der Waals surface area contributed by atoms with Crippen LogP contribution in [0.1, 0.15) is 12.8 Å². The molecule has 1 saturated carbocycles. The third-order valence-corrected chi connectivity index (χ3v) is 4.00. The lowest BCUT2D eigenvalue weighted by Gasteiger charge is -2.13. The molecule has 0 radical (unpaired) electrons. The van der Waals surface area contributed by atoms with Gasteiger partial charge in [-0.3, -0.25) is 14.3 Å². The molecule has 1 aliphatic rings. The van der Waals surface area contributed by atoms with Crippen molar-refractivity contribution in [2.45, 2.75) is 19.4 Å². The Morgan fingerprint density at radius 3 is 2.73 bits per heavy atom. The summed E-state index contributed by atoms with van der Waals surface area (Å²) in [7, 11) is 0. The van der Waals surface area contributed by atoms with Crippen LogP contribution >= 0.6 is 28.6 Å². The van der Waals surface area contributed by atoms with Crippen LogP contribution in [-0.4, -0.2) is 15.3 Å². The molecule has 1 aliphatic carbocycles. The van der Waals surface area contributed by atoms with E-state index in [9.17, 15) is 9.59 Å². The summed E-state index contributed by atoms with van der Waals surface area (Å²) in [5.41, 5.74) is -0.576. The van der Waals surface area contributed by atoms with Gasteiger partial charge in [-0.2, -0.15) is 12.6 Å². The zero-order valence-corrected chi connectivity index (χ0v) is 10.5. The molecule has 0 bridgehead atoms. The molecule has 2 rings (SSSR count). The first-order chi connectivity index (χ1) is 7.06. The van der Waals surface area contributed by atoms with E-state index in [1.165, 1.54) is 4.57 Å². The van der Waals surface area contributed by atoms with E-state index in [1.807, 2.05) is 0 Å². The topological polar surface area (TPSA) is 54.9 Å². The smallest absolute Gasteiger partial charge is 0.299 e. The van der Waals surface area contributed by atoms with Crippen molar-refractivity contribution < 1.29 is 0 Å². The lowest BCUT2D eigenvalue weighted by Crippen LogP contribution is -2.32. The van der Waals surface area contributed by atoms with Gasteiger partial charge in [0.15, 0.2) is 0 Å². The van der Waals surface area contributed by atoms with Gasteiger partial charge in [0, 0.05) is 12.7 Å². The molecule has 0 aromatic carbocycles. The number of aromatic amines is 1. The third-order valence-electron chi connectivity index (χ3n) is 2.77. The number of H-pyrrole nitrogens is 1. The Balaban J connectivity index is 2.33. The van der Waals surface area contributed by atoms with Crippen LogP contribution in [0.25, 0.3) is 0 Å². The highest BCUT2D eigenvalue weighted by Crippen LogP contribution is 2.47. The van der Waals surface area contributed by atoms with E-state index < -0.39 is 0 Å². The zero-order chi connectivity index (χ0) is 11.1. The molecule has 1 aromatic rings. The Morgan fingerprint density at radius 1 is 1.53 bits per heavy atom. The molecule has 1 aromatic heterocycles. The van der Waals surface area contributed by atoms with Crippen molar-refractivity contribution in [2.24, 2.45) is 5.41 Å². The van der Waals surface area contributed by atoms with Crippen LogP contribution in [-0.2, 0) is 6.54 Å². The molecule has 0 aliphatic heterocycles. The number of nitrogens with zero attached hydrogens (tertiary/aromatic N) is 1. The molecule has 1 fully saturated rings. The van der Waals surface area contributed by atoms with Gasteiger partial charge in [-0.25, -0.2) is 4.79 Å². The summed E-state index contributed by atoms with van der Waals surface area (Å²) in [5, 5.41) is 0. The van der Waals surface area contributed by atoms with Crippen LogP contribution in [0.15, 0.2) is 20.3 Å². The molecular formula is C9H11BrN2O2S. The SMILES string of the molecule is O=c1[nH]c(=O)n(CC2(CS)CC2)cc1Br. The molecule has 15 heavy (non-hydrogen) atoms. The highest BCUT2D eigenvalue weighted by Gasteiger charge is 2.41. The number of hydrogen-bond acceptors (Lipinski definition) is 3. The van der Waals surface area contributed by atoms with Crippen molar-refractivity contribution in [3.8, 4) is 0 Å². The second-order valence-electron chi connectivity index (χ2n) is 4.02. The summed E-state index contributed by atoms with van der Waals surface area (Å²) >= 11 is 7.38. The van der Waals surface area contributed by atoms with Crippen LogP contribution in [0.5, 0.6) is 0 Å². The van der Waals surface area contributed by atoms with E-state index in [1.54, 1.807) is 6.20 Å². The van der Waals surface area contributed by atoms with E-state index >= 15 is 0 Å². The normalized spacial score (nSPS) is 17.7. The molecule has 1 heterocycles. The molecule has 82 valence electrons. The zero-order valence-electron chi connectivity index (χ0n) is 7.99. The third kappa shape index (κ3) is 2.20. The summed E-state index contributed by atoms with van der Waals surface area (Å²) in [6.45, 7) is 0.630. The van der Waals surface area contributed by atoms with E-state index in [2.05, 4.69) is 33.5 Å². The lowest BCUT2D eigenvalue weighted by molar-refractivity contribution is 0.456. The average Bonchev–Trinajstić information content (AvgIpc) is 2.95. The fourth-order valence-electron chi connectivity index (χ4n) is 1.50. The maximum Gasteiger partial charge on any atom is 0.328 e. The first-order valence-electron chi connectivity index (χ1n) is 4.66. The molecule has 4 nitrogen and oxygen atoms in total. The fourth-order valence-corrected chi connectivity index (χ4v) is 2.27. The van der Waals surface area contributed by atoms with Gasteiger partial charge in [-0.1, -0.05) is 0 Å². The monoisotopic (exact) mass is 290 g/mol. The highest BCUT2D eigenvalue weighted by molar-refractivity contribution is 9.10. The number of rotatable bonds is 3. The van der Waals surface area contributed by atoms with Gasteiger partial charge in [0.25, 0.3) is 5.56 Å². The van der Waals surface area contributed by atoms with Gasteiger partial charge in [0.05, 0.1) is 4.47 Å². The van der Waals surface area contributed by atoms with Crippen molar-refractivity contribution in [2.75, 3.05) is 5.75 Å². The number of thiol groups is 1. The summed E-state index contributed by atoms with van der Waals surface area (Å²) in [6, 6.07) is 0. The number of aromatic nitrogens is 2. The minimum absolute atomic E-state index is 0.157. The van der Waals surface area contributed by atoms with Gasteiger partial charge in [0.2, 0.25) is 0 Å². The molecular weight excluding hydrogens is 280 g/mol. The van der Waals surface area contributed by atoms with Gasteiger partial charge in [0.1, 0.15) is 0 Å². The quantitative estimate of drug-likeness (QED) is 0.817. The molecule has 1 N–H and O–H groups in total. The van der Waals surface area contributed by atoms with E-state index in [0.717, 1.165) is 18.6 Å². The largest absolute Gasteiger partial charge is 0.328 e. The van der Waals surface area contributed by atoms with E-state index in [0.29, 0.717) is 11.0 Å². The second-order valence-corrected chi connectivity index (χ2v) is 5.19. The van der Waals surface area contributed by atoms with Crippen molar-refractivity contribution in [3.63, 3.8) is 0 Å². The Hall–Kier alpha value is -0.490. The van der Waals surface area contributed by atoms with Crippen molar-refractivity contribution >= 4 is 28.6 Å². The van der Waals surface area contributed by atoms with E-state index in [4.69, 9.17) is 0 Å². The maximum atomic E-state index is 11.5. The molecule has 6 heteroatoms. The standard InChI is InChI=1S/C9H11BrN2O2S/c10-6-3-12(8(14)11-7(6)13)4-9(5-15)1-2-9/h3,15H,1-2,4-5H2,(H,11,13,14). The summed E-state index contributed by atoms with van der Waals surface area (Å²) in [6.07, 6.45) is 3.74. The van der Waals surface area contributed by atoms with Crippen molar-refractivity contribution in [1.29, 1.82) is 0 Å². The molecule has 0 amide bonds. The van der Waals surface area contributed by atoms with Crippen LogP contribution in [0.4, 0.5) is 0 Å². The molecule has 0 saturated heterocycles.